The number of carbonyl (C=O) groups excluding carboxylic acids is 1. The summed E-state index contributed by atoms with van der Waals surface area (Å²) >= 11 is 3.29. The van der Waals surface area contributed by atoms with Crippen LogP contribution in [0.2, 0.25) is 0 Å². The summed E-state index contributed by atoms with van der Waals surface area (Å²) in [6, 6.07) is 13.2. The number of carbonyl (C=O) groups is 1. The van der Waals surface area contributed by atoms with Gasteiger partial charge in [-0.3, -0.25) is 14.9 Å². The molecule has 0 radical (unpaired) electrons. The number of nitro benzene ring substituents is 1. The van der Waals surface area contributed by atoms with Crippen LogP contribution in [0, 0.1) is 10.1 Å². The van der Waals surface area contributed by atoms with Gasteiger partial charge in [-0.25, -0.2) is 0 Å². The maximum absolute atomic E-state index is 11.9. The molecule has 0 aliphatic rings. The van der Waals surface area contributed by atoms with Gasteiger partial charge in [0.1, 0.15) is 0 Å². The molecule has 0 saturated heterocycles. The Morgan fingerprint density at radius 3 is 2.40 bits per heavy atom. The van der Waals surface area contributed by atoms with Crippen molar-refractivity contribution in [1.29, 1.82) is 0 Å². The molecule has 0 heterocycles. The number of nitrogens with zero attached hydrogens (tertiary/aromatic N) is 1. The van der Waals surface area contributed by atoms with Gasteiger partial charge in [0.05, 0.1) is 10.5 Å². The zero-order valence-electron chi connectivity index (χ0n) is 10.3. The lowest BCUT2D eigenvalue weighted by Gasteiger charge is -1.98. The highest BCUT2D eigenvalue weighted by molar-refractivity contribution is 9.10. The lowest BCUT2D eigenvalue weighted by Crippen LogP contribution is -1.94. The Kier molecular flexibility index (Phi) is 4.42. The molecule has 0 saturated carbocycles. The van der Waals surface area contributed by atoms with Gasteiger partial charge in [0, 0.05) is 16.1 Å². The molecule has 100 valence electrons. The quantitative estimate of drug-likeness (QED) is 0.364. The number of allylic oxidation sites excluding steroid dienone is 1. The van der Waals surface area contributed by atoms with Crippen molar-refractivity contribution in [1.82, 2.24) is 0 Å². The number of ketones is 1. The van der Waals surface area contributed by atoms with E-state index in [1.807, 2.05) is 0 Å². The molecule has 0 aromatic heterocycles. The molecule has 0 bridgehead atoms. The van der Waals surface area contributed by atoms with Crippen molar-refractivity contribution in [2.24, 2.45) is 0 Å². The first-order chi connectivity index (χ1) is 9.58. The second-order valence-electron chi connectivity index (χ2n) is 4.02. The van der Waals surface area contributed by atoms with Gasteiger partial charge in [-0.2, -0.15) is 0 Å². The van der Waals surface area contributed by atoms with Gasteiger partial charge in [0.2, 0.25) is 0 Å². The topological polar surface area (TPSA) is 60.2 Å². The van der Waals surface area contributed by atoms with Crippen LogP contribution in [-0.4, -0.2) is 10.7 Å². The minimum atomic E-state index is -0.468. The van der Waals surface area contributed by atoms with Crippen molar-refractivity contribution >= 4 is 33.5 Å². The van der Waals surface area contributed by atoms with Gasteiger partial charge < -0.3 is 0 Å². The summed E-state index contributed by atoms with van der Waals surface area (Å²) in [5.74, 6) is -0.198. The van der Waals surface area contributed by atoms with E-state index >= 15 is 0 Å². The SMILES string of the molecule is O=C(/C=C/c1ccccc1[N+](=O)[O-])c1ccc(Br)cc1. The normalized spacial score (nSPS) is 10.7. The molecular formula is C15H10BrNO3. The van der Waals surface area contributed by atoms with E-state index in [4.69, 9.17) is 0 Å². The van der Waals surface area contributed by atoms with Gasteiger partial charge >= 0.3 is 0 Å². The smallest absolute Gasteiger partial charge is 0.276 e. The van der Waals surface area contributed by atoms with Crippen LogP contribution in [0.5, 0.6) is 0 Å². The van der Waals surface area contributed by atoms with Gasteiger partial charge in [0.15, 0.2) is 5.78 Å². The number of nitro groups is 1. The van der Waals surface area contributed by atoms with Crippen LogP contribution >= 0.6 is 15.9 Å². The molecule has 0 unspecified atom stereocenters. The highest BCUT2D eigenvalue weighted by Crippen LogP contribution is 2.19. The fraction of sp³-hybridized carbons (Fsp3) is 0. The highest BCUT2D eigenvalue weighted by Gasteiger charge is 2.10. The van der Waals surface area contributed by atoms with Crippen LogP contribution in [0.4, 0.5) is 5.69 Å². The zero-order chi connectivity index (χ0) is 14.5. The molecule has 0 atom stereocenters. The van der Waals surface area contributed by atoms with E-state index in [-0.39, 0.29) is 11.5 Å². The third kappa shape index (κ3) is 3.39. The Balaban J connectivity index is 2.23. The average molecular weight is 332 g/mol. The van der Waals surface area contributed by atoms with Crippen LogP contribution in [-0.2, 0) is 0 Å². The molecule has 2 aromatic rings. The molecule has 2 aromatic carbocycles. The fourth-order valence-electron chi connectivity index (χ4n) is 1.67. The van der Waals surface area contributed by atoms with E-state index in [1.165, 1.54) is 18.2 Å². The highest BCUT2D eigenvalue weighted by atomic mass is 79.9. The molecule has 5 heteroatoms. The van der Waals surface area contributed by atoms with Crippen LogP contribution in [0.3, 0.4) is 0 Å². The summed E-state index contributed by atoms with van der Waals surface area (Å²) in [5, 5.41) is 10.9. The Bertz CT molecular complexity index is 678. The first-order valence-corrected chi connectivity index (χ1v) is 6.58. The lowest BCUT2D eigenvalue weighted by molar-refractivity contribution is -0.385. The molecule has 2 rings (SSSR count). The molecule has 20 heavy (non-hydrogen) atoms. The van der Waals surface area contributed by atoms with E-state index in [2.05, 4.69) is 15.9 Å². The summed E-state index contributed by atoms with van der Waals surface area (Å²) in [6.07, 6.45) is 2.80. The fourth-order valence-corrected chi connectivity index (χ4v) is 1.93. The Morgan fingerprint density at radius 1 is 1.10 bits per heavy atom. The van der Waals surface area contributed by atoms with Crippen molar-refractivity contribution in [3.63, 3.8) is 0 Å². The predicted molar refractivity (Wildman–Crippen MR) is 80.6 cm³/mol. The molecule has 0 spiro atoms. The van der Waals surface area contributed by atoms with Crippen molar-refractivity contribution in [3.05, 3.63) is 80.3 Å². The molecule has 0 fully saturated rings. The van der Waals surface area contributed by atoms with E-state index in [1.54, 1.807) is 42.5 Å². The first kappa shape index (κ1) is 14.1. The number of halogens is 1. The number of rotatable bonds is 4. The standard InChI is InChI=1S/C15H10BrNO3/c16-13-8-5-12(6-9-13)15(18)10-7-11-3-1-2-4-14(11)17(19)20/h1-10H/b10-7+. The summed E-state index contributed by atoms with van der Waals surface area (Å²) < 4.78 is 0.886. The average Bonchev–Trinajstić information content (AvgIpc) is 2.45. The molecule has 0 aliphatic carbocycles. The van der Waals surface area contributed by atoms with Crippen LogP contribution < -0.4 is 0 Å². The van der Waals surface area contributed by atoms with E-state index < -0.39 is 4.92 Å². The zero-order valence-corrected chi connectivity index (χ0v) is 11.9. The van der Waals surface area contributed by atoms with Gasteiger partial charge in [-0.05, 0) is 42.5 Å². The maximum Gasteiger partial charge on any atom is 0.276 e. The van der Waals surface area contributed by atoms with Gasteiger partial charge in [-0.15, -0.1) is 0 Å². The predicted octanol–water partition coefficient (Wildman–Crippen LogP) is 4.25. The Morgan fingerprint density at radius 2 is 1.75 bits per heavy atom. The molecule has 0 amide bonds. The van der Waals surface area contributed by atoms with E-state index in [0.717, 1.165) is 4.47 Å². The molecule has 0 N–H and O–H groups in total. The van der Waals surface area contributed by atoms with Crippen molar-refractivity contribution in [2.75, 3.05) is 0 Å². The molecule has 0 aliphatic heterocycles. The number of hydrogen-bond donors (Lipinski definition) is 0. The number of benzene rings is 2. The van der Waals surface area contributed by atoms with E-state index in [0.29, 0.717) is 11.1 Å². The minimum Gasteiger partial charge on any atom is -0.289 e. The minimum absolute atomic E-state index is 0.0210. The Hall–Kier alpha value is -2.27. The summed E-state index contributed by atoms with van der Waals surface area (Å²) in [7, 11) is 0. The first-order valence-electron chi connectivity index (χ1n) is 5.79. The Labute approximate surface area is 124 Å². The maximum atomic E-state index is 11.9. The third-order valence-corrected chi connectivity index (χ3v) is 3.21. The summed E-state index contributed by atoms with van der Waals surface area (Å²) in [5.41, 5.74) is 0.915. The van der Waals surface area contributed by atoms with Gasteiger partial charge in [0.25, 0.3) is 5.69 Å². The second-order valence-corrected chi connectivity index (χ2v) is 4.94. The van der Waals surface area contributed by atoms with Crippen molar-refractivity contribution in [3.8, 4) is 0 Å². The third-order valence-electron chi connectivity index (χ3n) is 2.68. The number of hydrogen-bond acceptors (Lipinski definition) is 3. The summed E-state index contributed by atoms with van der Waals surface area (Å²) in [6.45, 7) is 0. The lowest BCUT2D eigenvalue weighted by atomic mass is 10.1. The summed E-state index contributed by atoms with van der Waals surface area (Å²) in [4.78, 5) is 22.3. The largest absolute Gasteiger partial charge is 0.289 e. The molecule has 4 nitrogen and oxygen atoms in total. The monoisotopic (exact) mass is 331 g/mol. The van der Waals surface area contributed by atoms with Gasteiger partial charge in [-0.1, -0.05) is 28.1 Å². The number of para-hydroxylation sites is 1. The van der Waals surface area contributed by atoms with Crippen LogP contribution in [0.1, 0.15) is 15.9 Å². The van der Waals surface area contributed by atoms with Crippen LogP contribution in [0.25, 0.3) is 6.08 Å². The molecular weight excluding hydrogens is 322 g/mol. The second kappa shape index (κ2) is 6.25. The van der Waals surface area contributed by atoms with Crippen molar-refractivity contribution in [2.45, 2.75) is 0 Å². The van der Waals surface area contributed by atoms with Crippen LogP contribution in [0.15, 0.2) is 59.1 Å². The van der Waals surface area contributed by atoms with E-state index in [9.17, 15) is 14.9 Å². The van der Waals surface area contributed by atoms with Crippen molar-refractivity contribution < 1.29 is 9.72 Å².